The molecule has 0 aliphatic rings. The first-order valence-electron chi connectivity index (χ1n) is 6.37. The topological polar surface area (TPSA) is 108 Å². The van der Waals surface area contributed by atoms with Crippen LogP contribution in [-0.4, -0.2) is 17.0 Å². The van der Waals surface area contributed by atoms with Crippen molar-refractivity contribution in [3.05, 3.63) is 69.8 Å². The summed E-state index contributed by atoms with van der Waals surface area (Å²) in [7, 11) is 0. The van der Waals surface area contributed by atoms with Crippen LogP contribution in [0.4, 0.5) is 5.69 Å². The summed E-state index contributed by atoms with van der Waals surface area (Å²) in [6, 6.07) is 12.7. The molecule has 0 spiro atoms. The van der Waals surface area contributed by atoms with Gasteiger partial charge >= 0.3 is 0 Å². The van der Waals surface area contributed by atoms with Crippen LogP contribution in [0.2, 0.25) is 0 Å². The minimum absolute atomic E-state index is 0.178. The number of hydrazone groups is 1. The molecule has 22 heavy (non-hydrogen) atoms. The Hall–Kier alpha value is -3.22. The number of nitrogens with one attached hydrogen (secondary N) is 1. The maximum atomic E-state index is 11.6. The number of rotatable bonds is 5. The molecular weight excluding hydrogens is 286 g/mol. The first kappa shape index (κ1) is 15.2. The molecule has 0 atom stereocenters. The van der Waals surface area contributed by atoms with Crippen LogP contribution in [0.1, 0.15) is 11.1 Å². The molecule has 1 N–H and O–H groups in total. The van der Waals surface area contributed by atoms with E-state index in [0.29, 0.717) is 5.56 Å². The number of nitro benzene ring substituents is 1. The third kappa shape index (κ3) is 4.14. The number of carbonyl (C=O) groups excluding carboxylic acids is 1. The zero-order valence-electron chi connectivity index (χ0n) is 11.4. The van der Waals surface area contributed by atoms with Gasteiger partial charge in [0.15, 0.2) is 0 Å². The molecule has 0 bridgehead atoms. The highest BCUT2D eigenvalue weighted by atomic mass is 16.6. The lowest BCUT2D eigenvalue weighted by Crippen LogP contribution is -2.19. The molecule has 1 amide bonds. The predicted molar refractivity (Wildman–Crippen MR) is 78.4 cm³/mol. The molecule has 0 radical (unpaired) electrons. The van der Waals surface area contributed by atoms with Crippen molar-refractivity contribution < 1.29 is 14.8 Å². The van der Waals surface area contributed by atoms with Crippen LogP contribution >= 0.6 is 0 Å². The maximum Gasteiger partial charge on any atom is 0.262 e. The number of carbonyl (C=O) groups is 1. The van der Waals surface area contributed by atoms with Gasteiger partial charge in [-0.1, -0.05) is 42.5 Å². The van der Waals surface area contributed by atoms with Crippen LogP contribution in [0.5, 0.6) is 5.75 Å². The minimum atomic E-state index is -0.756. The molecule has 0 fully saturated rings. The van der Waals surface area contributed by atoms with E-state index in [9.17, 15) is 20.0 Å². The van der Waals surface area contributed by atoms with Crippen molar-refractivity contribution >= 4 is 17.8 Å². The first-order valence-corrected chi connectivity index (χ1v) is 6.37. The van der Waals surface area contributed by atoms with Gasteiger partial charge in [-0.3, -0.25) is 14.9 Å². The highest BCUT2D eigenvalue weighted by molar-refractivity contribution is 5.84. The smallest absolute Gasteiger partial charge is 0.262 e. The lowest BCUT2D eigenvalue weighted by atomic mass is 10.1. The molecule has 7 heteroatoms. The molecule has 2 aromatic rings. The fraction of sp³-hybridized carbons (Fsp3) is 0.0667. The van der Waals surface area contributed by atoms with Crippen molar-refractivity contribution in [3.63, 3.8) is 0 Å². The molecular formula is C15H12N3O4-. The summed E-state index contributed by atoms with van der Waals surface area (Å²) in [5.74, 6) is -0.979. The number of benzene rings is 2. The van der Waals surface area contributed by atoms with Gasteiger partial charge in [0.1, 0.15) is 0 Å². The van der Waals surface area contributed by atoms with Gasteiger partial charge in [0.05, 0.1) is 17.6 Å². The third-order valence-corrected chi connectivity index (χ3v) is 2.79. The molecule has 2 rings (SSSR count). The lowest BCUT2D eigenvalue weighted by molar-refractivity contribution is -0.398. The summed E-state index contributed by atoms with van der Waals surface area (Å²) in [5.41, 5.74) is 3.00. The van der Waals surface area contributed by atoms with Crippen molar-refractivity contribution in [1.82, 2.24) is 5.43 Å². The Morgan fingerprint density at radius 3 is 2.64 bits per heavy atom. The molecule has 0 unspecified atom stereocenters. The Balaban J connectivity index is 1.96. The molecule has 7 nitrogen and oxygen atoms in total. The monoisotopic (exact) mass is 298 g/mol. The minimum Gasteiger partial charge on any atom is -0.868 e. The zero-order chi connectivity index (χ0) is 15.9. The standard InChI is InChI=1S/C15H13N3O4/c19-14-7-6-12(8-13(14)18(21)22)10-16-17-15(20)9-11-4-2-1-3-5-11/h1-8,10,19H,9H2,(H,17,20)/p-1/b16-10-. The van der Waals surface area contributed by atoms with Crippen LogP contribution in [0.25, 0.3) is 0 Å². The fourth-order valence-electron chi connectivity index (χ4n) is 1.76. The van der Waals surface area contributed by atoms with E-state index in [-0.39, 0.29) is 12.3 Å². The average Bonchev–Trinajstić information content (AvgIpc) is 2.49. The van der Waals surface area contributed by atoms with Gasteiger partial charge in [-0.2, -0.15) is 5.10 Å². The van der Waals surface area contributed by atoms with E-state index in [1.807, 2.05) is 30.3 Å². The van der Waals surface area contributed by atoms with Gasteiger partial charge in [0.25, 0.3) is 5.69 Å². The van der Waals surface area contributed by atoms with Crippen LogP contribution in [0, 0.1) is 10.1 Å². The van der Waals surface area contributed by atoms with E-state index < -0.39 is 16.4 Å². The van der Waals surface area contributed by atoms with E-state index in [2.05, 4.69) is 10.5 Å². The third-order valence-electron chi connectivity index (χ3n) is 2.79. The van der Waals surface area contributed by atoms with Gasteiger partial charge in [0, 0.05) is 11.6 Å². The Kier molecular flexibility index (Phi) is 4.81. The molecule has 0 aliphatic heterocycles. The van der Waals surface area contributed by atoms with Crippen LogP contribution < -0.4 is 10.5 Å². The Morgan fingerprint density at radius 2 is 1.95 bits per heavy atom. The average molecular weight is 298 g/mol. The number of hydrogen-bond donors (Lipinski definition) is 1. The second-order valence-electron chi connectivity index (χ2n) is 4.44. The quantitative estimate of drug-likeness (QED) is 0.510. The summed E-state index contributed by atoms with van der Waals surface area (Å²) < 4.78 is 0. The molecule has 0 saturated heterocycles. The van der Waals surface area contributed by atoms with Crippen molar-refractivity contribution in [2.75, 3.05) is 0 Å². The fourth-order valence-corrected chi connectivity index (χ4v) is 1.76. The summed E-state index contributed by atoms with van der Waals surface area (Å²) in [4.78, 5) is 21.5. The Morgan fingerprint density at radius 1 is 1.23 bits per heavy atom. The highest BCUT2D eigenvalue weighted by Gasteiger charge is 2.07. The van der Waals surface area contributed by atoms with Crippen molar-refractivity contribution in [1.29, 1.82) is 0 Å². The summed E-state index contributed by atoms with van der Waals surface area (Å²) >= 11 is 0. The molecule has 2 aromatic carbocycles. The van der Waals surface area contributed by atoms with Crippen LogP contribution in [0.3, 0.4) is 0 Å². The molecule has 0 heterocycles. The molecule has 112 valence electrons. The van der Waals surface area contributed by atoms with Gasteiger partial charge in [-0.25, -0.2) is 5.43 Å². The SMILES string of the molecule is O=C(Cc1ccccc1)N/N=C\c1ccc([O-])c([N+](=O)[O-])c1. The van der Waals surface area contributed by atoms with Crippen molar-refractivity contribution in [3.8, 4) is 5.75 Å². The number of hydrogen-bond acceptors (Lipinski definition) is 5. The van der Waals surface area contributed by atoms with Crippen LogP contribution in [0.15, 0.2) is 53.6 Å². The van der Waals surface area contributed by atoms with Gasteiger partial charge in [-0.15, -0.1) is 0 Å². The summed E-state index contributed by atoms with van der Waals surface area (Å²) in [6.07, 6.45) is 1.42. The Labute approximate surface area is 126 Å². The lowest BCUT2D eigenvalue weighted by Gasteiger charge is -2.06. The second-order valence-corrected chi connectivity index (χ2v) is 4.44. The second kappa shape index (κ2) is 6.98. The van der Waals surface area contributed by atoms with Gasteiger partial charge in [-0.05, 0) is 11.3 Å². The van der Waals surface area contributed by atoms with Crippen LogP contribution in [-0.2, 0) is 11.2 Å². The number of amides is 1. The summed E-state index contributed by atoms with van der Waals surface area (Å²) in [5, 5.41) is 25.6. The van der Waals surface area contributed by atoms with Crippen molar-refractivity contribution in [2.45, 2.75) is 6.42 Å². The van der Waals surface area contributed by atoms with Gasteiger partial charge < -0.3 is 5.11 Å². The molecule has 0 aromatic heterocycles. The van der Waals surface area contributed by atoms with Gasteiger partial charge in [0.2, 0.25) is 5.91 Å². The normalized spacial score (nSPS) is 10.5. The first-order chi connectivity index (χ1) is 10.6. The largest absolute Gasteiger partial charge is 0.868 e. The van der Waals surface area contributed by atoms with Crippen molar-refractivity contribution in [2.24, 2.45) is 5.10 Å². The van der Waals surface area contributed by atoms with E-state index in [1.165, 1.54) is 12.3 Å². The molecule has 0 aliphatic carbocycles. The predicted octanol–water partition coefficient (Wildman–Crippen LogP) is 1.36. The molecule has 0 saturated carbocycles. The maximum absolute atomic E-state index is 11.6. The highest BCUT2D eigenvalue weighted by Crippen LogP contribution is 2.22. The van der Waals surface area contributed by atoms with E-state index in [1.54, 1.807) is 0 Å². The number of nitro groups is 1. The van der Waals surface area contributed by atoms with E-state index in [4.69, 9.17) is 0 Å². The zero-order valence-corrected chi connectivity index (χ0v) is 11.4. The summed E-state index contributed by atoms with van der Waals surface area (Å²) in [6.45, 7) is 0. The number of nitrogens with zero attached hydrogens (tertiary/aromatic N) is 2. The Bertz CT molecular complexity index is 714. The van der Waals surface area contributed by atoms with E-state index >= 15 is 0 Å². The van der Waals surface area contributed by atoms with E-state index in [0.717, 1.165) is 17.7 Å².